The molecule has 7 nitrogen and oxygen atoms in total. The van der Waals surface area contributed by atoms with Crippen molar-refractivity contribution in [3.63, 3.8) is 0 Å². The monoisotopic (exact) mass is 411 g/mol. The van der Waals surface area contributed by atoms with Crippen LogP contribution in [0.4, 0.5) is 4.39 Å². The molecule has 2 aromatic carbocycles. The summed E-state index contributed by atoms with van der Waals surface area (Å²) in [5, 5.41) is 10.6. The predicted octanol–water partition coefficient (Wildman–Crippen LogP) is 3.17. The highest BCUT2D eigenvalue weighted by Crippen LogP contribution is 2.25. The number of hydrogen-bond acceptors (Lipinski definition) is 7. The Labute approximate surface area is 168 Å². The molecule has 0 saturated carbocycles. The third-order valence-corrected chi connectivity index (χ3v) is 4.39. The van der Waals surface area contributed by atoms with Crippen LogP contribution in [0, 0.1) is 12.7 Å². The summed E-state index contributed by atoms with van der Waals surface area (Å²) in [6.45, 7) is 1.20. The van der Waals surface area contributed by atoms with E-state index in [0.29, 0.717) is 11.3 Å². The Morgan fingerprint density at radius 1 is 0.967 bits per heavy atom. The molecule has 4 aromatic rings. The Bertz CT molecular complexity index is 1340. The number of aliphatic hydroxyl groups excluding tert-OH is 1. The molecule has 0 amide bonds. The Hall–Kier alpha value is -3.65. The van der Waals surface area contributed by atoms with Crippen molar-refractivity contribution in [1.29, 1.82) is 0 Å². The highest BCUT2D eigenvalue weighted by atomic mass is 18.2. The first-order valence-corrected chi connectivity index (χ1v) is 9.10. The Balaban J connectivity index is 1.49. The molecule has 154 valence electrons. The molecule has 0 bridgehead atoms. The molecule has 8 heteroatoms. The van der Waals surface area contributed by atoms with E-state index in [1.165, 1.54) is 18.4 Å². The van der Waals surface area contributed by atoms with Crippen LogP contribution in [-0.4, -0.2) is 24.4 Å². The van der Waals surface area contributed by atoms with Crippen molar-refractivity contribution in [3.8, 4) is 11.5 Å². The fourth-order valence-corrected chi connectivity index (χ4v) is 3.10. The first kappa shape index (κ1) is 19.7. The fourth-order valence-electron chi connectivity index (χ4n) is 3.10. The summed E-state index contributed by atoms with van der Waals surface area (Å²) in [7, 11) is 0. The van der Waals surface area contributed by atoms with Crippen LogP contribution < -0.4 is 20.3 Å². The standard InChI is InChI=1S/C22H17FO7/c1-12-7-16(26)22-17(3-2-4-18(22)30-12)28-10-14(24)11-29-20-9-13(23)8-19-21(20)15(25)5-6-27-19/h2-9,14,24H,10-11H2,1H3/i23-1. The normalized spacial score (nSPS) is 12.2. The molecule has 0 aliphatic rings. The third kappa shape index (κ3) is 3.90. The summed E-state index contributed by atoms with van der Waals surface area (Å²) in [4.78, 5) is 24.3. The van der Waals surface area contributed by atoms with Gasteiger partial charge in [-0.25, -0.2) is 4.39 Å². The lowest BCUT2D eigenvalue weighted by Crippen LogP contribution is -2.25. The summed E-state index contributed by atoms with van der Waals surface area (Å²) < 4.78 is 35.5. The average molecular weight is 411 g/mol. The largest absolute Gasteiger partial charge is 0.490 e. The van der Waals surface area contributed by atoms with Crippen LogP contribution in [-0.2, 0) is 0 Å². The molecule has 0 saturated heterocycles. The van der Waals surface area contributed by atoms with Gasteiger partial charge in [0.2, 0.25) is 0 Å². The number of halogens is 1. The van der Waals surface area contributed by atoms with Crippen molar-refractivity contribution < 1.29 is 27.8 Å². The number of hydrogen-bond donors (Lipinski definition) is 1. The smallest absolute Gasteiger partial charge is 0.196 e. The van der Waals surface area contributed by atoms with Crippen molar-refractivity contribution in [1.82, 2.24) is 0 Å². The van der Waals surface area contributed by atoms with Gasteiger partial charge in [0.05, 0.1) is 6.26 Å². The van der Waals surface area contributed by atoms with Crippen molar-refractivity contribution in [2.24, 2.45) is 0 Å². The van der Waals surface area contributed by atoms with Gasteiger partial charge in [0.25, 0.3) is 0 Å². The minimum Gasteiger partial charge on any atom is -0.490 e. The lowest BCUT2D eigenvalue weighted by atomic mass is 10.2. The third-order valence-electron chi connectivity index (χ3n) is 4.39. The molecule has 2 heterocycles. The van der Waals surface area contributed by atoms with Gasteiger partial charge >= 0.3 is 0 Å². The zero-order chi connectivity index (χ0) is 21.3. The molecule has 0 fully saturated rings. The fraction of sp³-hybridized carbons (Fsp3) is 0.182. The first-order valence-electron chi connectivity index (χ1n) is 9.10. The van der Waals surface area contributed by atoms with Gasteiger partial charge < -0.3 is 23.4 Å². The highest BCUT2D eigenvalue weighted by Gasteiger charge is 2.15. The lowest BCUT2D eigenvalue weighted by molar-refractivity contribution is 0.0635. The summed E-state index contributed by atoms with van der Waals surface area (Å²) in [6.07, 6.45) is 0.0468. The number of aliphatic hydroxyl groups is 1. The molecule has 2 aromatic heterocycles. The van der Waals surface area contributed by atoms with E-state index < -0.39 is 17.3 Å². The zero-order valence-electron chi connectivity index (χ0n) is 15.9. The molecule has 0 spiro atoms. The van der Waals surface area contributed by atoms with Crippen LogP contribution in [0.3, 0.4) is 0 Å². The van der Waals surface area contributed by atoms with Crippen molar-refractivity contribution in [3.05, 3.63) is 80.8 Å². The molecule has 30 heavy (non-hydrogen) atoms. The maximum Gasteiger partial charge on any atom is 0.196 e. The molecule has 1 unspecified atom stereocenters. The van der Waals surface area contributed by atoms with E-state index in [9.17, 15) is 19.1 Å². The minimum absolute atomic E-state index is 0.0420. The van der Waals surface area contributed by atoms with Crippen LogP contribution in [0.25, 0.3) is 21.9 Å². The van der Waals surface area contributed by atoms with Gasteiger partial charge in [-0.1, -0.05) is 6.07 Å². The van der Waals surface area contributed by atoms with Crippen molar-refractivity contribution in [2.45, 2.75) is 13.0 Å². The van der Waals surface area contributed by atoms with Crippen molar-refractivity contribution in [2.75, 3.05) is 13.2 Å². The minimum atomic E-state index is -1.12. The second kappa shape index (κ2) is 8.00. The van der Waals surface area contributed by atoms with Gasteiger partial charge in [-0.3, -0.25) is 9.59 Å². The predicted molar refractivity (Wildman–Crippen MR) is 107 cm³/mol. The molecule has 1 N–H and O–H groups in total. The van der Waals surface area contributed by atoms with Crippen LogP contribution >= 0.6 is 0 Å². The van der Waals surface area contributed by atoms with E-state index in [2.05, 4.69) is 0 Å². The van der Waals surface area contributed by atoms with Crippen LogP contribution in [0.15, 0.2) is 67.2 Å². The number of rotatable bonds is 6. The number of fused-ring (bicyclic) bond motifs is 2. The number of benzene rings is 2. The maximum atomic E-state index is 13.8. The summed E-state index contributed by atoms with van der Waals surface area (Å²) in [6, 6.07) is 9.59. The summed E-state index contributed by atoms with van der Waals surface area (Å²) in [5.41, 5.74) is -0.231. The quantitative estimate of drug-likeness (QED) is 0.520. The van der Waals surface area contributed by atoms with E-state index in [0.717, 1.165) is 12.1 Å². The van der Waals surface area contributed by atoms with E-state index in [1.807, 2.05) is 0 Å². The molecular formula is C22H17FO7. The Morgan fingerprint density at radius 2 is 1.70 bits per heavy atom. The first-order chi connectivity index (χ1) is 14.4. The molecule has 0 radical (unpaired) electrons. The molecular weight excluding hydrogens is 394 g/mol. The molecule has 0 aliphatic carbocycles. The average Bonchev–Trinajstić information content (AvgIpc) is 2.69. The van der Waals surface area contributed by atoms with Gasteiger partial charge in [0.1, 0.15) is 64.3 Å². The SMILES string of the molecule is Cc1cc(=O)c2c(OCC(O)COc3cc([18F])cc4occc(=O)c34)cccc2o1. The van der Waals surface area contributed by atoms with Crippen LogP contribution in [0.5, 0.6) is 11.5 Å². The van der Waals surface area contributed by atoms with Crippen molar-refractivity contribution >= 4 is 21.9 Å². The van der Waals surface area contributed by atoms with Crippen LogP contribution in [0.2, 0.25) is 0 Å². The Morgan fingerprint density at radius 3 is 2.50 bits per heavy atom. The molecule has 4 rings (SSSR count). The summed E-state index contributed by atoms with van der Waals surface area (Å²) >= 11 is 0. The van der Waals surface area contributed by atoms with E-state index in [1.54, 1.807) is 25.1 Å². The van der Waals surface area contributed by atoms with Gasteiger partial charge in [-0.2, -0.15) is 0 Å². The zero-order valence-corrected chi connectivity index (χ0v) is 15.9. The second-order valence-electron chi connectivity index (χ2n) is 6.69. The van der Waals surface area contributed by atoms with Gasteiger partial charge in [-0.05, 0) is 19.1 Å². The van der Waals surface area contributed by atoms with E-state index in [4.69, 9.17) is 18.3 Å². The van der Waals surface area contributed by atoms with Crippen LogP contribution in [0.1, 0.15) is 5.76 Å². The van der Waals surface area contributed by atoms with Gasteiger partial charge in [0.15, 0.2) is 10.9 Å². The van der Waals surface area contributed by atoms with Gasteiger partial charge in [-0.15, -0.1) is 0 Å². The molecule has 1 atom stereocenters. The number of aryl methyl sites for hydroxylation is 1. The lowest BCUT2D eigenvalue weighted by Gasteiger charge is -2.15. The number of ether oxygens (including phenoxy) is 2. The van der Waals surface area contributed by atoms with E-state index >= 15 is 0 Å². The summed E-state index contributed by atoms with van der Waals surface area (Å²) in [5.74, 6) is 0.0528. The second-order valence-corrected chi connectivity index (χ2v) is 6.69. The Kier molecular flexibility index (Phi) is 5.24. The topological polar surface area (TPSA) is 99.1 Å². The maximum absolute atomic E-state index is 13.8. The highest BCUT2D eigenvalue weighted by molar-refractivity contribution is 5.84. The molecule has 0 aliphatic heterocycles. The van der Waals surface area contributed by atoms with E-state index in [-0.39, 0.29) is 46.5 Å². The van der Waals surface area contributed by atoms with Gasteiger partial charge in [0, 0.05) is 24.3 Å².